The maximum atomic E-state index is 13.4. The fourth-order valence-electron chi connectivity index (χ4n) is 1.64. The van der Waals surface area contributed by atoms with Crippen LogP contribution in [0.15, 0.2) is 12.1 Å². The molecule has 0 aliphatic carbocycles. The van der Waals surface area contributed by atoms with Crippen LogP contribution in [0.25, 0.3) is 0 Å². The zero-order valence-electron chi connectivity index (χ0n) is 8.24. The predicted octanol–water partition coefficient (Wildman–Crippen LogP) is 0.579. The second kappa shape index (κ2) is 3.62. The van der Waals surface area contributed by atoms with Gasteiger partial charge in [0.2, 0.25) is 0 Å². The molecule has 0 spiro atoms. The van der Waals surface area contributed by atoms with Crippen LogP contribution in [-0.2, 0) is 9.59 Å². The summed E-state index contributed by atoms with van der Waals surface area (Å²) < 4.78 is 26.7. The molecule has 88 valence electrons. The molecule has 1 aliphatic heterocycles. The number of halogens is 2. The Balaban J connectivity index is 2.63. The van der Waals surface area contributed by atoms with Crippen molar-refractivity contribution in [2.24, 2.45) is 0 Å². The second-order valence-electron chi connectivity index (χ2n) is 3.37. The van der Waals surface area contributed by atoms with Crippen molar-refractivity contribution in [2.75, 3.05) is 11.4 Å². The normalized spacial score (nSPS) is 14.1. The third kappa shape index (κ3) is 1.55. The molecule has 1 aromatic rings. The van der Waals surface area contributed by atoms with Crippen LogP contribution in [0.4, 0.5) is 14.5 Å². The van der Waals surface area contributed by atoms with Crippen molar-refractivity contribution in [1.82, 2.24) is 0 Å². The molecule has 0 atom stereocenters. The number of carbonyl (C=O) groups excluding carboxylic acids is 2. The van der Waals surface area contributed by atoms with Crippen LogP contribution in [0.2, 0.25) is 0 Å². The SMILES string of the molecule is O=C(O)CN1C(=O)C(=O)c2c(F)ccc(F)c21. The van der Waals surface area contributed by atoms with Crippen LogP contribution in [0.5, 0.6) is 0 Å². The monoisotopic (exact) mass is 241 g/mol. The summed E-state index contributed by atoms with van der Waals surface area (Å²) in [7, 11) is 0. The predicted molar refractivity (Wildman–Crippen MR) is 50.7 cm³/mol. The molecule has 1 amide bonds. The van der Waals surface area contributed by atoms with E-state index in [-0.39, 0.29) is 0 Å². The Kier molecular flexibility index (Phi) is 2.38. The fourth-order valence-corrected chi connectivity index (χ4v) is 1.64. The standard InChI is InChI=1S/C10H5F2NO4/c11-4-1-2-5(12)8-7(4)9(16)10(17)13(8)3-6(14)15/h1-2H,3H2,(H,14,15). The van der Waals surface area contributed by atoms with Gasteiger partial charge in [-0.25, -0.2) is 8.78 Å². The van der Waals surface area contributed by atoms with Gasteiger partial charge in [-0.1, -0.05) is 0 Å². The summed E-state index contributed by atoms with van der Waals surface area (Å²) in [6.07, 6.45) is 0. The summed E-state index contributed by atoms with van der Waals surface area (Å²) in [6.45, 7) is -0.891. The summed E-state index contributed by atoms with van der Waals surface area (Å²) in [4.78, 5) is 33.7. The lowest BCUT2D eigenvalue weighted by Crippen LogP contribution is -2.34. The molecule has 1 N–H and O–H groups in total. The zero-order valence-corrected chi connectivity index (χ0v) is 8.24. The van der Waals surface area contributed by atoms with E-state index in [4.69, 9.17) is 5.11 Å². The first kappa shape index (κ1) is 11.2. The van der Waals surface area contributed by atoms with Gasteiger partial charge in [-0.15, -0.1) is 0 Å². The number of fused-ring (bicyclic) bond motifs is 1. The molecule has 1 aliphatic rings. The highest BCUT2D eigenvalue weighted by molar-refractivity contribution is 6.52. The van der Waals surface area contributed by atoms with Gasteiger partial charge in [0.15, 0.2) is 0 Å². The summed E-state index contributed by atoms with van der Waals surface area (Å²) in [5.41, 5.74) is -1.32. The number of carboxylic acids is 1. The Labute approximate surface area is 93.3 Å². The molecule has 7 heteroatoms. The van der Waals surface area contributed by atoms with Crippen LogP contribution in [-0.4, -0.2) is 29.3 Å². The van der Waals surface area contributed by atoms with Gasteiger partial charge < -0.3 is 5.11 Å². The van der Waals surface area contributed by atoms with Crippen LogP contribution in [0.1, 0.15) is 10.4 Å². The summed E-state index contributed by atoms with van der Waals surface area (Å²) >= 11 is 0. The number of aliphatic carboxylic acids is 1. The van der Waals surface area contributed by atoms with E-state index in [1.54, 1.807) is 0 Å². The Morgan fingerprint density at radius 3 is 2.41 bits per heavy atom. The molecular formula is C10H5F2NO4. The molecule has 0 fully saturated rings. The lowest BCUT2D eigenvalue weighted by Gasteiger charge is -2.13. The van der Waals surface area contributed by atoms with Crippen LogP contribution < -0.4 is 4.90 Å². The minimum atomic E-state index is -1.43. The molecule has 5 nitrogen and oxygen atoms in total. The number of anilines is 1. The van der Waals surface area contributed by atoms with Crippen molar-refractivity contribution in [3.8, 4) is 0 Å². The van der Waals surface area contributed by atoms with E-state index < -0.39 is 47.1 Å². The zero-order chi connectivity index (χ0) is 12.7. The van der Waals surface area contributed by atoms with E-state index in [0.29, 0.717) is 11.0 Å². The minimum Gasteiger partial charge on any atom is -0.480 e. The van der Waals surface area contributed by atoms with E-state index in [9.17, 15) is 23.2 Å². The number of hydrogen-bond donors (Lipinski definition) is 1. The van der Waals surface area contributed by atoms with Crippen molar-refractivity contribution < 1.29 is 28.3 Å². The van der Waals surface area contributed by atoms with Crippen LogP contribution >= 0.6 is 0 Å². The maximum Gasteiger partial charge on any atom is 0.323 e. The first-order valence-electron chi connectivity index (χ1n) is 4.49. The molecule has 1 heterocycles. The molecule has 1 aromatic carbocycles. The van der Waals surface area contributed by atoms with Gasteiger partial charge in [-0.3, -0.25) is 19.3 Å². The van der Waals surface area contributed by atoms with Gasteiger partial charge in [-0.05, 0) is 12.1 Å². The molecule has 0 bridgehead atoms. The number of hydrogen-bond acceptors (Lipinski definition) is 3. The third-order valence-electron chi connectivity index (χ3n) is 2.31. The summed E-state index contributed by atoms with van der Waals surface area (Å²) in [5.74, 6) is -5.97. The molecule has 0 saturated heterocycles. The minimum absolute atomic E-state index is 0.415. The van der Waals surface area contributed by atoms with Crippen molar-refractivity contribution in [3.63, 3.8) is 0 Å². The number of carbonyl (C=O) groups is 3. The van der Waals surface area contributed by atoms with Crippen LogP contribution in [0, 0.1) is 11.6 Å². The Hall–Kier alpha value is -2.31. The van der Waals surface area contributed by atoms with Crippen molar-refractivity contribution in [2.45, 2.75) is 0 Å². The highest BCUT2D eigenvalue weighted by Gasteiger charge is 2.41. The second-order valence-corrected chi connectivity index (χ2v) is 3.37. The number of nitrogens with zero attached hydrogens (tertiary/aromatic N) is 1. The van der Waals surface area contributed by atoms with Gasteiger partial charge in [0.05, 0.1) is 11.3 Å². The highest BCUT2D eigenvalue weighted by Crippen LogP contribution is 2.33. The highest BCUT2D eigenvalue weighted by atomic mass is 19.1. The molecular weight excluding hydrogens is 236 g/mol. The van der Waals surface area contributed by atoms with Crippen molar-refractivity contribution >= 4 is 23.3 Å². The number of ketones is 1. The average Bonchev–Trinajstić information content (AvgIpc) is 2.49. The first-order valence-corrected chi connectivity index (χ1v) is 4.49. The van der Waals surface area contributed by atoms with Crippen LogP contribution in [0.3, 0.4) is 0 Å². The Bertz CT molecular complexity index is 555. The largest absolute Gasteiger partial charge is 0.480 e. The third-order valence-corrected chi connectivity index (χ3v) is 2.31. The Morgan fingerprint density at radius 1 is 1.24 bits per heavy atom. The quantitative estimate of drug-likeness (QED) is 0.768. The molecule has 0 radical (unpaired) electrons. The van der Waals surface area contributed by atoms with Crippen molar-refractivity contribution in [3.05, 3.63) is 29.3 Å². The number of carboxylic acid groups (broad SMARTS) is 1. The molecule has 17 heavy (non-hydrogen) atoms. The molecule has 0 unspecified atom stereocenters. The molecule has 0 aromatic heterocycles. The van der Waals surface area contributed by atoms with Gasteiger partial charge >= 0.3 is 5.97 Å². The smallest absolute Gasteiger partial charge is 0.323 e. The average molecular weight is 241 g/mol. The topological polar surface area (TPSA) is 74.7 Å². The number of rotatable bonds is 2. The van der Waals surface area contributed by atoms with Gasteiger partial charge in [0.25, 0.3) is 11.7 Å². The van der Waals surface area contributed by atoms with E-state index in [1.807, 2.05) is 0 Å². The van der Waals surface area contributed by atoms with Gasteiger partial charge in [0, 0.05) is 0 Å². The Morgan fingerprint density at radius 2 is 1.82 bits per heavy atom. The fraction of sp³-hybridized carbons (Fsp3) is 0.100. The lowest BCUT2D eigenvalue weighted by molar-refractivity contribution is -0.136. The van der Waals surface area contributed by atoms with Crippen molar-refractivity contribution in [1.29, 1.82) is 0 Å². The van der Waals surface area contributed by atoms with E-state index in [2.05, 4.69) is 0 Å². The lowest BCUT2D eigenvalue weighted by atomic mass is 10.1. The van der Waals surface area contributed by atoms with E-state index in [0.717, 1.165) is 6.07 Å². The van der Waals surface area contributed by atoms with E-state index in [1.165, 1.54) is 0 Å². The summed E-state index contributed by atoms with van der Waals surface area (Å²) in [5, 5.41) is 8.54. The van der Waals surface area contributed by atoms with E-state index >= 15 is 0 Å². The number of Topliss-reactive ketones (excluding diaryl/α,β-unsaturated/α-hetero) is 1. The van der Waals surface area contributed by atoms with Gasteiger partial charge in [0.1, 0.15) is 18.2 Å². The van der Waals surface area contributed by atoms with Gasteiger partial charge in [-0.2, -0.15) is 0 Å². The summed E-state index contributed by atoms with van der Waals surface area (Å²) in [6, 6.07) is 1.44. The number of benzene rings is 1. The number of amides is 1. The molecule has 2 rings (SSSR count). The first-order chi connectivity index (χ1) is 7.93. The molecule has 0 saturated carbocycles. The maximum absolute atomic E-state index is 13.4.